The molecule has 1 N–H and O–H groups in total. The van der Waals surface area contributed by atoms with Crippen molar-refractivity contribution >= 4 is 5.69 Å². The van der Waals surface area contributed by atoms with Gasteiger partial charge in [0.25, 0.3) is 0 Å². The van der Waals surface area contributed by atoms with Crippen molar-refractivity contribution in [1.82, 2.24) is 10.1 Å². The highest BCUT2D eigenvalue weighted by Crippen LogP contribution is 2.43. The molecule has 4 rings (SSSR count). The number of piperidine rings is 1. The van der Waals surface area contributed by atoms with Crippen LogP contribution in [0.4, 0.5) is 5.69 Å². The summed E-state index contributed by atoms with van der Waals surface area (Å²) in [6.45, 7) is 8.38. The fraction of sp³-hybridized carbons (Fsp3) is 0.500. The SMILES string of the molecule is Cc1noc(C)c1CN1CCC2(CC1)CNc1ccccc12. The molecule has 1 saturated heterocycles. The van der Waals surface area contributed by atoms with Crippen LogP contribution in [0.25, 0.3) is 0 Å². The number of fused-ring (bicyclic) bond motifs is 2. The lowest BCUT2D eigenvalue weighted by Crippen LogP contribution is -2.43. The molecule has 0 amide bonds. The topological polar surface area (TPSA) is 41.3 Å². The van der Waals surface area contributed by atoms with Crippen molar-refractivity contribution in [3.8, 4) is 0 Å². The molecular weight excluding hydrogens is 274 g/mol. The van der Waals surface area contributed by atoms with Crippen LogP contribution in [0.2, 0.25) is 0 Å². The summed E-state index contributed by atoms with van der Waals surface area (Å²) >= 11 is 0. The standard InChI is InChI=1S/C18H23N3O/c1-13-15(14(2)22-20-13)11-21-9-7-18(8-10-21)12-19-17-6-4-3-5-16(17)18/h3-6,19H,7-12H2,1-2H3. The van der Waals surface area contributed by atoms with Gasteiger partial charge in [0.15, 0.2) is 0 Å². The molecule has 3 heterocycles. The summed E-state index contributed by atoms with van der Waals surface area (Å²) in [5, 5.41) is 7.67. The van der Waals surface area contributed by atoms with Gasteiger partial charge in [0, 0.05) is 29.8 Å². The molecule has 0 saturated carbocycles. The van der Waals surface area contributed by atoms with Gasteiger partial charge in [0.2, 0.25) is 0 Å². The first-order valence-corrected chi connectivity index (χ1v) is 8.15. The summed E-state index contributed by atoms with van der Waals surface area (Å²) in [5.41, 5.74) is 5.49. The monoisotopic (exact) mass is 297 g/mol. The maximum atomic E-state index is 5.29. The molecule has 1 aromatic carbocycles. The molecule has 0 unspecified atom stereocenters. The lowest BCUT2D eigenvalue weighted by molar-refractivity contribution is 0.161. The minimum Gasteiger partial charge on any atom is -0.384 e. The van der Waals surface area contributed by atoms with Crippen LogP contribution >= 0.6 is 0 Å². The molecule has 4 heteroatoms. The van der Waals surface area contributed by atoms with Gasteiger partial charge in [-0.2, -0.15) is 0 Å². The van der Waals surface area contributed by atoms with E-state index in [0.29, 0.717) is 5.41 Å². The molecule has 2 aliphatic rings. The largest absolute Gasteiger partial charge is 0.384 e. The Morgan fingerprint density at radius 2 is 2.00 bits per heavy atom. The van der Waals surface area contributed by atoms with Crippen molar-refractivity contribution in [1.29, 1.82) is 0 Å². The summed E-state index contributed by atoms with van der Waals surface area (Å²) in [5.74, 6) is 0.964. The van der Waals surface area contributed by atoms with Gasteiger partial charge >= 0.3 is 0 Å². The molecule has 116 valence electrons. The van der Waals surface area contributed by atoms with E-state index >= 15 is 0 Å². The Kier molecular flexibility index (Phi) is 3.22. The quantitative estimate of drug-likeness (QED) is 0.924. The minimum atomic E-state index is 0.339. The molecule has 4 nitrogen and oxygen atoms in total. The lowest BCUT2D eigenvalue weighted by atomic mass is 9.74. The molecular formula is C18H23N3O. The van der Waals surface area contributed by atoms with Crippen molar-refractivity contribution < 1.29 is 4.52 Å². The Morgan fingerprint density at radius 3 is 2.73 bits per heavy atom. The lowest BCUT2D eigenvalue weighted by Gasteiger charge is -2.39. The Balaban J connectivity index is 1.48. The van der Waals surface area contributed by atoms with Crippen LogP contribution in [-0.4, -0.2) is 29.7 Å². The van der Waals surface area contributed by atoms with Gasteiger partial charge in [-0.25, -0.2) is 0 Å². The van der Waals surface area contributed by atoms with Crippen molar-refractivity contribution in [3.63, 3.8) is 0 Å². The minimum absolute atomic E-state index is 0.339. The van der Waals surface area contributed by atoms with Crippen LogP contribution in [-0.2, 0) is 12.0 Å². The Bertz CT molecular complexity index is 664. The number of benzene rings is 1. The van der Waals surface area contributed by atoms with Crippen LogP contribution in [0.5, 0.6) is 0 Å². The number of hydrogen-bond donors (Lipinski definition) is 1. The summed E-state index contributed by atoms with van der Waals surface area (Å²) in [6.07, 6.45) is 2.45. The second-order valence-electron chi connectivity index (χ2n) is 6.76. The molecule has 1 aromatic heterocycles. The zero-order valence-corrected chi connectivity index (χ0v) is 13.4. The Labute approximate surface area is 131 Å². The van der Waals surface area contributed by atoms with Gasteiger partial charge in [-0.05, 0) is 51.4 Å². The van der Waals surface area contributed by atoms with E-state index in [9.17, 15) is 0 Å². The third-order valence-corrected chi connectivity index (χ3v) is 5.49. The number of aryl methyl sites for hydroxylation is 2. The van der Waals surface area contributed by atoms with E-state index in [0.717, 1.165) is 37.6 Å². The van der Waals surface area contributed by atoms with Gasteiger partial charge in [-0.3, -0.25) is 4.90 Å². The van der Waals surface area contributed by atoms with Gasteiger partial charge in [0.05, 0.1) is 5.69 Å². The number of para-hydroxylation sites is 1. The van der Waals surface area contributed by atoms with E-state index < -0.39 is 0 Å². The number of hydrogen-bond acceptors (Lipinski definition) is 4. The predicted molar refractivity (Wildman–Crippen MR) is 87.1 cm³/mol. The molecule has 22 heavy (non-hydrogen) atoms. The number of rotatable bonds is 2. The van der Waals surface area contributed by atoms with Crippen LogP contribution in [0, 0.1) is 13.8 Å². The van der Waals surface area contributed by atoms with Crippen molar-refractivity contribution in [2.45, 2.75) is 38.6 Å². The molecule has 0 radical (unpaired) electrons. The first-order valence-electron chi connectivity index (χ1n) is 8.15. The second kappa shape index (κ2) is 5.13. The molecule has 0 aliphatic carbocycles. The van der Waals surface area contributed by atoms with Crippen LogP contribution < -0.4 is 5.32 Å². The van der Waals surface area contributed by atoms with Gasteiger partial charge in [0.1, 0.15) is 5.76 Å². The van der Waals surface area contributed by atoms with Gasteiger partial charge < -0.3 is 9.84 Å². The summed E-state index contributed by atoms with van der Waals surface area (Å²) in [7, 11) is 0. The van der Waals surface area contributed by atoms with Crippen LogP contribution in [0.1, 0.15) is 35.4 Å². The first-order chi connectivity index (χ1) is 10.7. The fourth-order valence-corrected chi connectivity index (χ4v) is 4.00. The molecule has 1 fully saturated rings. The molecule has 1 spiro atoms. The van der Waals surface area contributed by atoms with E-state index in [2.05, 4.69) is 39.6 Å². The van der Waals surface area contributed by atoms with E-state index in [1.165, 1.54) is 29.7 Å². The van der Waals surface area contributed by atoms with Gasteiger partial charge in [-0.1, -0.05) is 23.4 Å². The smallest absolute Gasteiger partial charge is 0.138 e. The molecule has 0 bridgehead atoms. The highest BCUT2D eigenvalue weighted by atomic mass is 16.5. The zero-order valence-electron chi connectivity index (χ0n) is 13.4. The van der Waals surface area contributed by atoms with E-state index in [-0.39, 0.29) is 0 Å². The maximum absolute atomic E-state index is 5.29. The highest BCUT2D eigenvalue weighted by Gasteiger charge is 2.41. The van der Waals surface area contributed by atoms with Crippen molar-refractivity contribution in [2.75, 3.05) is 25.0 Å². The number of anilines is 1. The number of likely N-dealkylation sites (tertiary alicyclic amines) is 1. The van der Waals surface area contributed by atoms with Gasteiger partial charge in [-0.15, -0.1) is 0 Å². The highest BCUT2D eigenvalue weighted by molar-refractivity contribution is 5.60. The fourth-order valence-electron chi connectivity index (χ4n) is 4.00. The van der Waals surface area contributed by atoms with Crippen LogP contribution in [0.3, 0.4) is 0 Å². The Morgan fingerprint density at radius 1 is 1.23 bits per heavy atom. The number of aromatic nitrogens is 1. The van der Waals surface area contributed by atoms with E-state index in [1.807, 2.05) is 13.8 Å². The maximum Gasteiger partial charge on any atom is 0.138 e. The number of nitrogens with one attached hydrogen (secondary N) is 1. The molecule has 0 atom stereocenters. The molecule has 2 aliphatic heterocycles. The Hall–Kier alpha value is -1.81. The summed E-state index contributed by atoms with van der Waals surface area (Å²) in [6, 6.07) is 8.81. The normalized spacial score (nSPS) is 20.1. The first kappa shape index (κ1) is 13.8. The van der Waals surface area contributed by atoms with E-state index in [4.69, 9.17) is 4.52 Å². The average Bonchev–Trinajstić information content (AvgIpc) is 3.06. The van der Waals surface area contributed by atoms with Crippen molar-refractivity contribution in [3.05, 3.63) is 46.8 Å². The van der Waals surface area contributed by atoms with Crippen LogP contribution in [0.15, 0.2) is 28.8 Å². The zero-order chi connectivity index (χ0) is 15.2. The van der Waals surface area contributed by atoms with E-state index in [1.54, 1.807) is 0 Å². The second-order valence-corrected chi connectivity index (χ2v) is 6.76. The average molecular weight is 297 g/mol. The third-order valence-electron chi connectivity index (χ3n) is 5.49. The third kappa shape index (κ3) is 2.13. The summed E-state index contributed by atoms with van der Waals surface area (Å²) in [4.78, 5) is 2.54. The predicted octanol–water partition coefficient (Wildman–Crippen LogP) is 3.25. The van der Waals surface area contributed by atoms with Crippen molar-refractivity contribution in [2.24, 2.45) is 0 Å². The molecule has 2 aromatic rings. The summed E-state index contributed by atoms with van der Waals surface area (Å²) < 4.78 is 5.29. The number of nitrogens with zero attached hydrogens (tertiary/aromatic N) is 2.